The summed E-state index contributed by atoms with van der Waals surface area (Å²) in [6.07, 6.45) is 1.99. The molecule has 98 valence electrons. The molecular weight excluding hydrogens is 315 g/mol. The summed E-state index contributed by atoms with van der Waals surface area (Å²) >= 11 is 18.5. The molecule has 0 aliphatic rings. The number of halogens is 3. The van der Waals surface area contributed by atoms with E-state index in [9.17, 15) is 0 Å². The largest absolute Gasteiger partial charge is 0.234 e. The fourth-order valence-corrected chi connectivity index (χ4v) is 2.74. The summed E-state index contributed by atoms with van der Waals surface area (Å²) in [5.41, 5.74) is 2.53. The minimum absolute atomic E-state index is 0.435. The predicted molar refractivity (Wildman–Crippen MR) is 82.7 cm³/mol. The van der Waals surface area contributed by atoms with Crippen molar-refractivity contribution in [2.24, 2.45) is 0 Å². The zero-order valence-electron chi connectivity index (χ0n) is 10.1. The average molecular weight is 322 g/mol. The van der Waals surface area contributed by atoms with E-state index in [4.69, 9.17) is 42.6 Å². The molecule has 0 fully saturated rings. The van der Waals surface area contributed by atoms with Crippen LogP contribution in [0.5, 0.6) is 0 Å². The fourth-order valence-electron chi connectivity index (χ4n) is 1.96. The van der Waals surface area contributed by atoms with Gasteiger partial charge in [0.2, 0.25) is 0 Å². The number of nitrogens with zero attached hydrogens (tertiary/aromatic N) is 3. The summed E-state index contributed by atoms with van der Waals surface area (Å²) in [6.45, 7) is 0. The first kappa shape index (κ1) is 13.7. The third-order valence-corrected chi connectivity index (χ3v) is 3.91. The maximum absolute atomic E-state index is 6.16. The molecular formula is C13H7BCl3N3. The van der Waals surface area contributed by atoms with Gasteiger partial charge in [-0.05, 0) is 29.2 Å². The van der Waals surface area contributed by atoms with E-state index in [0.29, 0.717) is 32.7 Å². The fraction of sp³-hybridized carbons (Fsp3) is 0.0769. The molecule has 0 unspecified atom stereocenters. The van der Waals surface area contributed by atoms with E-state index < -0.39 is 0 Å². The summed E-state index contributed by atoms with van der Waals surface area (Å²) in [7, 11) is 5.81. The Morgan fingerprint density at radius 1 is 1.15 bits per heavy atom. The van der Waals surface area contributed by atoms with Gasteiger partial charge in [-0.25, -0.2) is 9.50 Å². The second-order valence-corrected chi connectivity index (χ2v) is 5.48. The lowest BCUT2D eigenvalue weighted by Crippen LogP contribution is -2.06. The third-order valence-electron chi connectivity index (χ3n) is 2.93. The van der Waals surface area contributed by atoms with Gasteiger partial charge in [0.15, 0.2) is 0 Å². The highest BCUT2D eigenvalue weighted by Gasteiger charge is 2.11. The Labute approximate surface area is 131 Å². The van der Waals surface area contributed by atoms with Gasteiger partial charge >= 0.3 is 0 Å². The lowest BCUT2D eigenvalue weighted by molar-refractivity contribution is 0.919. The zero-order valence-corrected chi connectivity index (χ0v) is 12.4. The van der Waals surface area contributed by atoms with Crippen LogP contribution < -0.4 is 5.46 Å². The van der Waals surface area contributed by atoms with Crippen LogP contribution in [0, 0.1) is 0 Å². The standard InChI is InChI=1S/C13H7BCl3N3/c14-9-6-18-20-12(17)5-7(19-13(9)20)4-8-10(15)2-1-3-11(8)16/h1-3,5-6H,4H2. The maximum atomic E-state index is 6.16. The summed E-state index contributed by atoms with van der Waals surface area (Å²) < 4.78 is 1.48. The van der Waals surface area contributed by atoms with E-state index in [0.717, 1.165) is 11.3 Å². The molecule has 0 bridgehead atoms. The molecule has 0 aliphatic heterocycles. The van der Waals surface area contributed by atoms with Crippen LogP contribution in [0.1, 0.15) is 11.3 Å². The Kier molecular flexibility index (Phi) is 3.63. The molecule has 3 rings (SSSR count). The third kappa shape index (κ3) is 2.39. The molecule has 2 heterocycles. The van der Waals surface area contributed by atoms with Gasteiger partial charge in [-0.2, -0.15) is 5.10 Å². The summed E-state index contributed by atoms with van der Waals surface area (Å²) in [5.74, 6) is 0. The van der Waals surface area contributed by atoms with Crippen LogP contribution in [0.3, 0.4) is 0 Å². The molecule has 0 amide bonds. The Bertz CT molecular complexity index is 781. The quantitative estimate of drug-likeness (QED) is 0.536. The highest BCUT2D eigenvalue weighted by Crippen LogP contribution is 2.27. The van der Waals surface area contributed by atoms with E-state index in [1.54, 1.807) is 24.3 Å². The zero-order chi connectivity index (χ0) is 14.3. The van der Waals surface area contributed by atoms with Gasteiger partial charge in [-0.15, -0.1) is 0 Å². The van der Waals surface area contributed by atoms with Gasteiger partial charge in [0.1, 0.15) is 18.6 Å². The van der Waals surface area contributed by atoms with Crippen LogP contribution in [-0.2, 0) is 6.42 Å². The van der Waals surface area contributed by atoms with Crippen molar-refractivity contribution in [2.75, 3.05) is 0 Å². The molecule has 0 N–H and O–H groups in total. The van der Waals surface area contributed by atoms with Crippen molar-refractivity contribution in [1.82, 2.24) is 14.6 Å². The van der Waals surface area contributed by atoms with E-state index >= 15 is 0 Å². The van der Waals surface area contributed by atoms with Crippen molar-refractivity contribution in [3.8, 4) is 0 Å². The first-order chi connectivity index (χ1) is 9.56. The summed E-state index contributed by atoms with van der Waals surface area (Å²) in [4.78, 5) is 4.45. The molecule has 2 radical (unpaired) electrons. The minimum Gasteiger partial charge on any atom is -0.234 e. The van der Waals surface area contributed by atoms with Crippen molar-refractivity contribution in [3.63, 3.8) is 0 Å². The highest BCUT2D eigenvalue weighted by atomic mass is 35.5. The van der Waals surface area contributed by atoms with Crippen molar-refractivity contribution < 1.29 is 0 Å². The van der Waals surface area contributed by atoms with Crippen molar-refractivity contribution in [3.05, 3.63) is 56.9 Å². The van der Waals surface area contributed by atoms with Crippen molar-refractivity contribution in [2.45, 2.75) is 6.42 Å². The number of hydrogen-bond donors (Lipinski definition) is 0. The molecule has 0 saturated heterocycles. The van der Waals surface area contributed by atoms with Crippen LogP contribution in [0.2, 0.25) is 15.2 Å². The lowest BCUT2D eigenvalue weighted by atomic mass is 10.0. The van der Waals surface area contributed by atoms with Crippen LogP contribution in [-0.4, -0.2) is 22.4 Å². The lowest BCUT2D eigenvalue weighted by Gasteiger charge is -2.08. The van der Waals surface area contributed by atoms with Gasteiger partial charge in [0.25, 0.3) is 0 Å². The van der Waals surface area contributed by atoms with Gasteiger partial charge in [0, 0.05) is 22.7 Å². The average Bonchev–Trinajstić information content (AvgIpc) is 2.77. The van der Waals surface area contributed by atoms with Crippen LogP contribution in [0.15, 0.2) is 30.5 Å². The summed E-state index contributed by atoms with van der Waals surface area (Å²) in [5, 5.41) is 5.67. The molecule has 0 aliphatic carbocycles. The van der Waals surface area contributed by atoms with Crippen molar-refractivity contribution >= 4 is 53.8 Å². The molecule has 0 spiro atoms. The van der Waals surface area contributed by atoms with Gasteiger partial charge in [-0.1, -0.05) is 40.9 Å². The molecule has 1 aromatic carbocycles. The molecule has 0 saturated carbocycles. The minimum atomic E-state index is 0.435. The Balaban J connectivity index is 2.09. The number of benzene rings is 1. The molecule has 7 heteroatoms. The van der Waals surface area contributed by atoms with E-state index in [2.05, 4.69) is 10.1 Å². The first-order valence-electron chi connectivity index (χ1n) is 5.78. The molecule has 3 aromatic rings. The second kappa shape index (κ2) is 5.28. The Hall–Kier alpha value is -1.23. The van der Waals surface area contributed by atoms with Gasteiger partial charge in [-0.3, -0.25) is 0 Å². The predicted octanol–water partition coefficient (Wildman–Crippen LogP) is 3.07. The normalized spacial score (nSPS) is 11.2. The van der Waals surface area contributed by atoms with Crippen molar-refractivity contribution in [1.29, 1.82) is 0 Å². The second-order valence-electron chi connectivity index (χ2n) is 4.28. The monoisotopic (exact) mass is 321 g/mol. The molecule has 3 nitrogen and oxygen atoms in total. The molecule has 0 atom stereocenters. The van der Waals surface area contributed by atoms with E-state index in [1.807, 2.05) is 0 Å². The van der Waals surface area contributed by atoms with Gasteiger partial charge < -0.3 is 0 Å². The number of rotatable bonds is 2. The number of hydrogen-bond acceptors (Lipinski definition) is 2. The molecule has 2 aromatic heterocycles. The molecule has 20 heavy (non-hydrogen) atoms. The number of aromatic nitrogens is 3. The Morgan fingerprint density at radius 2 is 1.85 bits per heavy atom. The van der Waals surface area contributed by atoms with Gasteiger partial charge in [0.05, 0.1) is 5.69 Å². The van der Waals surface area contributed by atoms with Crippen LogP contribution in [0.4, 0.5) is 0 Å². The van der Waals surface area contributed by atoms with E-state index in [1.165, 1.54) is 10.7 Å². The number of fused-ring (bicyclic) bond motifs is 1. The topological polar surface area (TPSA) is 30.2 Å². The first-order valence-corrected chi connectivity index (χ1v) is 6.91. The Morgan fingerprint density at radius 3 is 2.55 bits per heavy atom. The maximum Gasteiger partial charge on any atom is 0.149 e. The van der Waals surface area contributed by atoms with E-state index in [-0.39, 0.29) is 0 Å². The highest BCUT2D eigenvalue weighted by molar-refractivity contribution is 6.37. The van der Waals surface area contributed by atoms with Crippen LogP contribution in [0.25, 0.3) is 5.65 Å². The SMILES string of the molecule is [B]c1cnn2c(Cl)cc(Cc3c(Cl)cccc3Cl)nc12. The van der Waals surface area contributed by atoms with Crippen LogP contribution >= 0.6 is 34.8 Å². The smallest absolute Gasteiger partial charge is 0.149 e. The summed E-state index contributed by atoms with van der Waals surface area (Å²) in [6, 6.07) is 7.10.